The summed E-state index contributed by atoms with van der Waals surface area (Å²) in [4.78, 5) is 13.6. The number of halogens is 1. The molecule has 0 aromatic carbocycles. The van der Waals surface area contributed by atoms with E-state index in [0.29, 0.717) is 12.3 Å². The summed E-state index contributed by atoms with van der Waals surface area (Å²) in [6.07, 6.45) is 7.84. The third-order valence-electron chi connectivity index (χ3n) is 3.21. The molecule has 1 amide bonds. The van der Waals surface area contributed by atoms with Crippen molar-refractivity contribution in [1.82, 2.24) is 4.90 Å². The lowest BCUT2D eigenvalue weighted by Gasteiger charge is -2.21. The summed E-state index contributed by atoms with van der Waals surface area (Å²) in [5, 5.41) is 0. The number of carbonyl (C=O) groups excluding carboxylic acids is 1. The van der Waals surface area contributed by atoms with E-state index < -0.39 is 0 Å². The van der Waals surface area contributed by atoms with Gasteiger partial charge in [0, 0.05) is 25.9 Å². The summed E-state index contributed by atoms with van der Waals surface area (Å²) in [5.74, 6) is 1.71. The van der Waals surface area contributed by atoms with Crippen LogP contribution in [-0.2, 0) is 4.79 Å². The summed E-state index contributed by atoms with van der Waals surface area (Å²) in [6, 6.07) is 0. The van der Waals surface area contributed by atoms with E-state index in [0.717, 1.165) is 25.3 Å². The van der Waals surface area contributed by atoms with Crippen molar-refractivity contribution in [1.29, 1.82) is 0 Å². The van der Waals surface area contributed by atoms with Crippen molar-refractivity contribution in [2.45, 2.75) is 44.9 Å². The normalized spacial score (nSPS) is 16.9. The number of unbranched alkanes of at least 4 members (excludes halogenated alkanes) is 1. The second-order valence-corrected chi connectivity index (χ2v) is 4.95. The molecule has 0 aromatic heterocycles. The van der Waals surface area contributed by atoms with Gasteiger partial charge in [0.1, 0.15) is 0 Å². The first-order valence-electron chi connectivity index (χ1n) is 6.04. The lowest BCUT2D eigenvalue weighted by molar-refractivity contribution is -0.130. The van der Waals surface area contributed by atoms with E-state index in [2.05, 4.69) is 0 Å². The molecule has 1 aliphatic carbocycles. The van der Waals surface area contributed by atoms with Gasteiger partial charge in [0.15, 0.2) is 0 Å². The van der Waals surface area contributed by atoms with Gasteiger partial charge in [-0.2, -0.15) is 0 Å². The minimum absolute atomic E-state index is 0.284. The molecule has 1 aliphatic rings. The average Bonchev–Trinajstić information content (AvgIpc) is 2.70. The van der Waals surface area contributed by atoms with E-state index in [1.165, 1.54) is 25.7 Å². The van der Waals surface area contributed by atoms with Crippen LogP contribution in [0, 0.1) is 5.92 Å². The Kier molecular flexibility index (Phi) is 6.07. The SMILES string of the molecule is CN(CC1CCCC1)C(=O)CCCCCl. The van der Waals surface area contributed by atoms with Crippen molar-refractivity contribution < 1.29 is 4.79 Å². The lowest BCUT2D eigenvalue weighted by atomic mass is 10.1. The van der Waals surface area contributed by atoms with E-state index in [4.69, 9.17) is 11.6 Å². The zero-order valence-electron chi connectivity index (χ0n) is 9.67. The van der Waals surface area contributed by atoms with Crippen LogP contribution in [0.25, 0.3) is 0 Å². The highest BCUT2D eigenvalue weighted by Gasteiger charge is 2.18. The minimum atomic E-state index is 0.284. The van der Waals surface area contributed by atoms with Gasteiger partial charge in [-0.3, -0.25) is 4.79 Å². The number of rotatable bonds is 6. The van der Waals surface area contributed by atoms with Crippen LogP contribution in [0.15, 0.2) is 0 Å². The van der Waals surface area contributed by atoms with Crippen LogP contribution in [0.2, 0.25) is 0 Å². The maximum atomic E-state index is 11.7. The molecule has 0 aliphatic heterocycles. The van der Waals surface area contributed by atoms with Crippen LogP contribution in [0.5, 0.6) is 0 Å². The molecule has 1 saturated carbocycles. The van der Waals surface area contributed by atoms with Crippen molar-refractivity contribution in [3.8, 4) is 0 Å². The maximum Gasteiger partial charge on any atom is 0.222 e. The lowest BCUT2D eigenvalue weighted by Crippen LogP contribution is -2.30. The number of carbonyl (C=O) groups is 1. The van der Waals surface area contributed by atoms with E-state index in [1.807, 2.05) is 11.9 Å². The fourth-order valence-electron chi connectivity index (χ4n) is 2.24. The third kappa shape index (κ3) is 4.87. The van der Waals surface area contributed by atoms with Crippen molar-refractivity contribution in [2.75, 3.05) is 19.5 Å². The number of hydrogen-bond acceptors (Lipinski definition) is 1. The molecular formula is C12H22ClNO. The topological polar surface area (TPSA) is 20.3 Å². The molecule has 0 aromatic rings. The van der Waals surface area contributed by atoms with Crippen molar-refractivity contribution in [3.05, 3.63) is 0 Å². The van der Waals surface area contributed by atoms with E-state index in [9.17, 15) is 4.79 Å². The Labute approximate surface area is 98.0 Å². The molecule has 1 rings (SSSR count). The third-order valence-corrected chi connectivity index (χ3v) is 3.47. The van der Waals surface area contributed by atoms with Crippen LogP contribution >= 0.6 is 11.6 Å². The first-order valence-corrected chi connectivity index (χ1v) is 6.57. The standard InChI is InChI=1S/C12H22ClNO/c1-14(10-11-6-2-3-7-11)12(15)8-4-5-9-13/h11H,2-10H2,1H3. The van der Waals surface area contributed by atoms with Crippen LogP contribution in [0.3, 0.4) is 0 Å². The molecule has 1 fully saturated rings. The van der Waals surface area contributed by atoms with Gasteiger partial charge in [-0.05, 0) is 31.6 Å². The summed E-state index contributed by atoms with van der Waals surface area (Å²) in [7, 11) is 1.93. The van der Waals surface area contributed by atoms with Gasteiger partial charge < -0.3 is 4.90 Å². The zero-order valence-corrected chi connectivity index (χ0v) is 10.4. The van der Waals surface area contributed by atoms with Crippen LogP contribution in [-0.4, -0.2) is 30.3 Å². The highest BCUT2D eigenvalue weighted by molar-refractivity contribution is 6.17. The van der Waals surface area contributed by atoms with E-state index >= 15 is 0 Å². The molecule has 0 spiro atoms. The summed E-state index contributed by atoms with van der Waals surface area (Å²) in [6.45, 7) is 0.958. The Morgan fingerprint density at radius 2 is 2.00 bits per heavy atom. The number of amides is 1. The first kappa shape index (κ1) is 12.8. The van der Waals surface area contributed by atoms with E-state index in [-0.39, 0.29) is 5.91 Å². The molecule has 88 valence electrons. The van der Waals surface area contributed by atoms with Crippen LogP contribution < -0.4 is 0 Å². The number of hydrogen-bond donors (Lipinski definition) is 0. The molecule has 0 radical (unpaired) electrons. The fraction of sp³-hybridized carbons (Fsp3) is 0.917. The molecule has 3 heteroatoms. The molecule has 0 heterocycles. The molecule has 0 bridgehead atoms. The maximum absolute atomic E-state index is 11.7. The smallest absolute Gasteiger partial charge is 0.222 e. The van der Waals surface area contributed by atoms with Gasteiger partial charge in [-0.25, -0.2) is 0 Å². The molecular weight excluding hydrogens is 210 g/mol. The quantitative estimate of drug-likeness (QED) is 0.508. The summed E-state index contributed by atoms with van der Waals surface area (Å²) in [5.41, 5.74) is 0. The van der Waals surface area contributed by atoms with Gasteiger partial charge in [0.2, 0.25) is 5.91 Å². The zero-order chi connectivity index (χ0) is 11.1. The summed E-state index contributed by atoms with van der Waals surface area (Å²) < 4.78 is 0. The molecule has 15 heavy (non-hydrogen) atoms. The second-order valence-electron chi connectivity index (χ2n) is 4.57. The number of alkyl halides is 1. The Morgan fingerprint density at radius 1 is 1.33 bits per heavy atom. The van der Waals surface area contributed by atoms with Crippen molar-refractivity contribution in [2.24, 2.45) is 5.92 Å². The van der Waals surface area contributed by atoms with Crippen LogP contribution in [0.4, 0.5) is 0 Å². The Bertz CT molecular complexity index is 190. The Balaban J connectivity index is 2.14. The van der Waals surface area contributed by atoms with Gasteiger partial charge in [-0.1, -0.05) is 12.8 Å². The molecule has 0 atom stereocenters. The van der Waals surface area contributed by atoms with Crippen molar-refractivity contribution >= 4 is 17.5 Å². The largest absolute Gasteiger partial charge is 0.345 e. The molecule has 0 N–H and O–H groups in total. The monoisotopic (exact) mass is 231 g/mol. The minimum Gasteiger partial charge on any atom is -0.345 e. The van der Waals surface area contributed by atoms with E-state index in [1.54, 1.807) is 0 Å². The Morgan fingerprint density at radius 3 is 2.60 bits per heavy atom. The average molecular weight is 232 g/mol. The van der Waals surface area contributed by atoms with Gasteiger partial charge in [0.25, 0.3) is 0 Å². The van der Waals surface area contributed by atoms with Crippen LogP contribution in [0.1, 0.15) is 44.9 Å². The highest BCUT2D eigenvalue weighted by Crippen LogP contribution is 2.25. The van der Waals surface area contributed by atoms with Crippen molar-refractivity contribution in [3.63, 3.8) is 0 Å². The first-order chi connectivity index (χ1) is 7.24. The molecule has 0 unspecified atom stereocenters. The highest BCUT2D eigenvalue weighted by atomic mass is 35.5. The second kappa shape index (κ2) is 7.10. The predicted octanol–water partition coefficient (Wildman–Crippen LogP) is 3.04. The molecule has 0 saturated heterocycles. The fourth-order valence-corrected chi connectivity index (χ4v) is 2.43. The van der Waals surface area contributed by atoms with Gasteiger partial charge >= 0.3 is 0 Å². The Hall–Kier alpha value is -0.240. The van der Waals surface area contributed by atoms with Gasteiger partial charge in [0.05, 0.1) is 0 Å². The molecule has 2 nitrogen and oxygen atoms in total. The summed E-state index contributed by atoms with van der Waals surface area (Å²) >= 11 is 5.58. The van der Waals surface area contributed by atoms with Gasteiger partial charge in [-0.15, -0.1) is 11.6 Å². The predicted molar refractivity (Wildman–Crippen MR) is 64.2 cm³/mol. The number of nitrogens with zero attached hydrogens (tertiary/aromatic N) is 1.